The van der Waals surface area contributed by atoms with Crippen LogP contribution < -0.4 is 5.32 Å². The lowest BCUT2D eigenvalue weighted by Gasteiger charge is -2.02. The topological polar surface area (TPSA) is 66.4 Å². The lowest BCUT2D eigenvalue weighted by atomic mass is 10.0. The van der Waals surface area contributed by atoms with E-state index in [2.05, 4.69) is 12.2 Å². The molecule has 0 radical (unpaired) electrons. The average Bonchev–Trinajstić information content (AvgIpc) is 2.55. The Morgan fingerprint density at radius 2 is 1.30 bits per heavy atom. The molecule has 4 nitrogen and oxygen atoms in total. The highest BCUT2D eigenvalue weighted by molar-refractivity contribution is 6.01. The summed E-state index contributed by atoms with van der Waals surface area (Å²) in [5.41, 5.74) is 0. The summed E-state index contributed by atoms with van der Waals surface area (Å²) in [5, 5.41) is 10.6. The molecule has 0 bridgehead atoms. The van der Waals surface area contributed by atoms with Crippen molar-refractivity contribution in [2.75, 3.05) is 6.61 Å². The number of hydrogen-bond donors (Lipinski definition) is 2. The predicted octanol–water partition coefficient (Wildman–Crippen LogP) is 4.27. The van der Waals surface area contributed by atoms with E-state index in [9.17, 15) is 9.59 Å². The van der Waals surface area contributed by atoms with Crippen molar-refractivity contribution in [2.24, 2.45) is 0 Å². The molecule has 0 aliphatic rings. The first-order valence-corrected chi connectivity index (χ1v) is 9.32. The molecule has 0 saturated heterocycles. The highest BCUT2D eigenvalue weighted by atomic mass is 16.3. The first-order chi connectivity index (χ1) is 11.2. The van der Waals surface area contributed by atoms with Crippen LogP contribution in [0, 0.1) is 0 Å². The summed E-state index contributed by atoms with van der Waals surface area (Å²) in [5.74, 6) is -1.12. The molecular formula is C19H35NO3. The Morgan fingerprint density at radius 3 is 1.78 bits per heavy atom. The molecule has 0 rings (SSSR count). The highest BCUT2D eigenvalue weighted by Gasteiger charge is 2.01. The first kappa shape index (κ1) is 21.8. The van der Waals surface area contributed by atoms with E-state index in [0.29, 0.717) is 0 Å². The van der Waals surface area contributed by atoms with Crippen molar-refractivity contribution in [2.45, 2.75) is 90.4 Å². The van der Waals surface area contributed by atoms with E-state index < -0.39 is 18.4 Å². The fourth-order valence-corrected chi connectivity index (χ4v) is 2.51. The van der Waals surface area contributed by atoms with Crippen LogP contribution in [0.4, 0.5) is 0 Å². The number of hydrogen-bond acceptors (Lipinski definition) is 3. The zero-order valence-corrected chi connectivity index (χ0v) is 14.8. The van der Waals surface area contributed by atoms with Gasteiger partial charge in [0.15, 0.2) is 0 Å². The zero-order chi connectivity index (χ0) is 17.2. The van der Waals surface area contributed by atoms with Crippen molar-refractivity contribution < 1.29 is 14.7 Å². The third-order valence-electron chi connectivity index (χ3n) is 3.90. The molecular weight excluding hydrogens is 290 g/mol. The minimum Gasteiger partial charge on any atom is -0.387 e. The Morgan fingerprint density at radius 1 is 0.826 bits per heavy atom. The third kappa shape index (κ3) is 17.0. The van der Waals surface area contributed by atoms with Gasteiger partial charge in [-0.05, 0) is 18.9 Å². The summed E-state index contributed by atoms with van der Waals surface area (Å²) in [4.78, 5) is 22.0. The van der Waals surface area contributed by atoms with Crippen molar-refractivity contribution in [3.05, 3.63) is 12.2 Å². The number of nitrogens with one attached hydrogen (secondary N) is 1. The van der Waals surface area contributed by atoms with Gasteiger partial charge in [0.25, 0.3) is 5.91 Å². The second-order valence-corrected chi connectivity index (χ2v) is 6.15. The van der Waals surface area contributed by atoms with Crippen LogP contribution in [0.15, 0.2) is 12.2 Å². The molecule has 0 spiro atoms. The van der Waals surface area contributed by atoms with Gasteiger partial charge in [-0.25, -0.2) is 0 Å². The summed E-state index contributed by atoms with van der Waals surface area (Å²) < 4.78 is 0. The molecule has 2 amide bonds. The van der Waals surface area contributed by atoms with Gasteiger partial charge in [0.2, 0.25) is 5.91 Å². The van der Waals surface area contributed by atoms with E-state index in [0.717, 1.165) is 12.8 Å². The summed E-state index contributed by atoms with van der Waals surface area (Å²) >= 11 is 0. The number of rotatable bonds is 15. The molecule has 0 heterocycles. The molecule has 134 valence electrons. The van der Waals surface area contributed by atoms with Crippen molar-refractivity contribution in [3.63, 3.8) is 0 Å². The Labute approximate surface area is 141 Å². The molecule has 23 heavy (non-hydrogen) atoms. The second kappa shape index (κ2) is 17.2. The van der Waals surface area contributed by atoms with Gasteiger partial charge in [-0.2, -0.15) is 0 Å². The maximum Gasteiger partial charge on any atom is 0.252 e. The van der Waals surface area contributed by atoms with E-state index in [-0.39, 0.29) is 0 Å². The van der Waals surface area contributed by atoms with Crippen LogP contribution in [0.2, 0.25) is 0 Å². The Kier molecular flexibility index (Phi) is 16.3. The van der Waals surface area contributed by atoms with E-state index in [4.69, 9.17) is 5.11 Å². The number of amides is 2. The minimum absolute atomic E-state index is 0.456. The van der Waals surface area contributed by atoms with Crippen LogP contribution in [0.5, 0.6) is 0 Å². The van der Waals surface area contributed by atoms with Crippen LogP contribution in [0.1, 0.15) is 90.4 Å². The Hall–Kier alpha value is -1.16. The average molecular weight is 325 g/mol. The minimum atomic E-state index is -0.662. The number of aliphatic hydroxyl groups is 1. The molecule has 0 atom stereocenters. The van der Waals surface area contributed by atoms with Gasteiger partial charge in [0.05, 0.1) is 0 Å². The Bertz CT molecular complexity index is 327. The zero-order valence-electron chi connectivity index (χ0n) is 14.8. The summed E-state index contributed by atoms with van der Waals surface area (Å²) in [6.07, 6.45) is 19.8. The van der Waals surface area contributed by atoms with Gasteiger partial charge in [-0.1, -0.05) is 83.6 Å². The number of carbonyl (C=O) groups is 2. The number of carbonyl (C=O) groups excluding carboxylic acids is 2. The van der Waals surface area contributed by atoms with Crippen molar-refractivity contribution in [1.82, 2.24) is 5.32 Å². The largest absolute Gasteiger partial charge is 0.387 e. The number of aliphatic hydroxyl groups excluding tert-OH is 1. The molecule has 0 aromatic rings. The number of imide groups is 1. The summed E-state index contributed by atoms with van der Waals surface area (Å²) in [6.45, 7) is 1.60. The molecule has 0 aliphatic carbocycles. The van der Waals surface area contributed by atoms with Crippen molar-refractivity contribution in [3.8, 4) is 0 Å². The van der Waals surface area contributed by atoms with Gasteiger partial charge >= 0.3 is 0 Å². The highest BCUT2D eigenvalue weighted by Crippen LogP contribution is 2.12. The quantitative estimate of drug-likeness (QED) is 0.349. The SMILES string of the molecule is CCCCCCCCCCCCCCC=CC(=O)NC(=O)CO. The van der Waals surface area contributed by atoms with Crippen LogP contribution in [0.25, 0.3) is 0 Å². The lowest BCUT2D eigenvalue weighted by Crippen LogP contribution is -2.31. The van der Waals surface area contributed by atoms with Crippen molar-refractivity contribution >= 4 is 11.8 Å². The second-order valence-electron chi connectivity index (χ2n) is 6.15. The van der Waals surface area contributed by atoms with E-state index in [1.165, 1.54) is 76.7 Å². The van der Waals surface area contributed by atoms with Gasteiger partial charge < -0.3 is 5.11 Å². The van der Waals surface area contributed by atoms with Crippen LogP contribution in [0.3, 0.4) is 0 Å². The molecule has 0 fully saturated rings. The number of unbranched alkanes of at least 4 members (excludes halogenated alkanes) is 12. The smallest absolute Gasteiger partial charge is 0.252 e. The third-order valence-corrected chi connectivity index (χ3v) is 3.90. The van der Waals surface area contributed by atoms with Crippen LogP contribution in [-0.2, 0) is 9.59 Å². The Balaban J connectivity index is 3.24. The fraction of sp³-hybridized carbons (Fsp3) is 0.789. The van der Waals surface area contributed by atoms with Gasteiger partial charge in [0, 0.05) is 0 Å². The maximum atomic E-state index is 11.2. The van der Waals surface area contributed by atoms with E-state index >= 15 is 0 Å². The molecule has 0 saturated carbocycles. The molecule has 0 aromatic heterocycles. The van der Waals surface area contributed by atoms with Gasteiger partial charge in [0.1, 0.15) is 6.61 Å². The maximum absolute atomic E-state index is 11.2. The monoisotopic (exact) mass is 325 g/mol. The molecule has 0 unspecified atom stereocenters. The lowest BCUT2D eigenvalue weighted by molar-refractivity contribution is -0.129. The number of allylic oxidation sites excluding steroid dienone is 1. The first-order valence-electron chi connectivity index (χ1n) is 9.32. The molecule has 0 aliphatic heterocycles. The standard InChI is InChI=1S/C19H35NO3/c1-2-3-4-5-6-7-8-9-10-11-12-13-14-15-16-18(22)20-19(23)17-21/h15-16,21H,2-14,17H2,1H3,(H,20,22,23). The summed E-state index contributed by atoms with van der Waals surface area (Å²) in [6, 6.07) is 0. The van der Waals surface area contributed by atoms with Gasteiger partial charge in [-0.3, -0.25) is 14.9 Å². The fourth-order valence-electron chi connectivity index (χ4n) is 2.51. The molecule has 2 N–H and O–H groups in total. The van der Waals surface area contributed by atoms with Gasteiger partial charge in [-0.15, -0.1) is 0 Å². The molecule has 4 heteroatoms. The van der Waals surface area contributed by atoms with Crippen molar-refractivity contribution in [1.29, 1.82) is 0 Å². The molecule has 0 aromatic carbocycles. The van der Waals surface area contributed by atoms with Crippen LogP contribution in [-0.4, -0.2) is 23.5 Å². The van der Waals surface area contributed by atoms with E-state index in [1.807, 2.05) is 0 Å². The summed E-state index contributed by atoms with van der Waals surface area (Å²) in [7, 11) is 0. The normalized spacial score (nSPS) is 11.0. The van der Waals surface area contributed by atoms with Crippen LogP contribution >= 0.6 is 0 Å². The van der Waals surface area contributed by atoms with E-state index in [1.54, 1.807) is 6.08 Å². The predicted molar refractivity (Wildman–Crippen MR) is 95.1 cm³/mol.